The molecule has 1 saturated heterocycles. The molecule has 0 saturated carbocycles. The van der Waals surface area contributed by atoms with Gasteiger partial charge in [0.05, 0.1) is 0 Å². The molecule has 0 atom stereocenters. The zero-order valence-electron chi connectivity index (χ0n) is 11.1. The lowest BCUT2D eigenvalue weighted by molar-refractivity contribution is -0.129. The van der Waals surface area contributed by atoms with Crippen molar-refractivity contribution in [2.24, 2.45) is 0 Å². The second-order valence-corrected chi connectivity index (χ2v) is 4.94. The molecule has 0 aliphatic carbocycles. The van der Waals surface area contributed by atoms with Crippen LogP contribution in [0.5, 0.6) is 0 Å². The van der Waals surface area contributed by atoms with Gasteiger partial charge in [0.2, 0.25) is 11.8 Å². The largest absolute Gasteiger partial charge is 0.349 e. The normalized spacial score (nSPS) is 15.4. The van der Waals surface area contributed by atoms with Gasteiger partial charge in [0.1, 0.15) is 0 Å². The van der Waals surface area contributed by atoms with Crippen molar-refractivity contribution in [3.05, 3.63) is 0 Å². The van der Waals surface area contributed by atoms with Gasteiger partial charge in [-0.25, -0.2) is 0 Å². The molecule has 1 aliphatic rings. The topological polar surface area (TPSA) is 40.6 Å². The van der Waals surface area contributed by atoms with Crippen LogP contribution in [0.1, 0.15) is 44.9 Å². The van der Waals surface area contributed by atoms with E-state index in [4.69, 9.17) is 0 Å². The number of hydrogen-bond acceptors (Lipinski definition) is 2. The first kappa shape index (κ1) is 14.0. The quantitative estimate of drug-likeness (QED) is 0.635. The van der Waals surface area contributed by atoms with E-state index in [9.17, 15) is 9.59 Å². The summed E-state index contributed by atoms with van der Waals surface area (Å²) in [6.07, 6.45) is 6.64. The summed E-state index contributed by atoms with van der Waals surface area (Å²) in [6.45, 7) is 1.85. The summed E-state index contributed by atoms with van der Waals surface area (Å²) >= 11 is 0. The predicted octanol–water partition coefficient (Wildman–Crippen LogP) is 1.65. The monoisotopic (exact) mass is 240 g/mol. The van der Waals surface area contributed by atoms with Gasteiger partial charge < -0.3 is 9.80 Å². The summed E-state index contributed by atoms with van der Waals surface area (Å²) in [7, 11) is 3.59. The first-order chi connectivity index (χ1) is 8.11. The third-order valence-corrected chi connectivity index (χ3v) is 3.24. The van der Waals surface area contributed by atoms with E-state index in [0.29, 0.717) is 12.3 Å². The predicted molar refractivity (Wildman–Crippen MR) is 67.6 cm³/mol. The number of amides is 2. The zero-order chi connectivity index (χ0) is 12.7. The molecule has 98 valence electrons. The molecule has 0 aromatic rings. The van der Waals surface area contributed by atoms with E-state index in [1.54, 1.807) is 19.0 Å². The van der Waals surface area contributed by atoms with Crippen LogP contribution >= 0.6 is 0 Å². The van der Waals surface area contributed by atoms with Gasteiger partial charge in [0.25, 0.3) is 0 Å². The summed E-state index contributed by atoms with van der Waals surface area (Å²) in [5, 5.41) is 0. The van der Waals surface area contributed by atoms with E-state index in [1.807, 2.05) is 4.90 Å². The molecule has 0 unspecified atom stereocenters. The van der Waals surface area contributed by atoms with Crippen molar-refractivity contribution in [1.82, 2.24) is 9.80 Å². The number of nitrogens with zero attached hydrogens (tertiary/aromatic N) is 2. The van der Waals surface area contributed by atoms with E-state index in [1.165, 1.54) is 0 Å². The smallest absolute Gasteiger partial charge is 0.222 e. The molecule has 1 rings (SSSR count). The van der Waals surface area contributed by atoms with Crippen molar-refractivity contribution >= 4 is 11.8 Å². The Bertz CT molecular complexity index is 264. The van der Waals surface area contributed by atoms with Gasteiger partial charge in [-0.1, -0.05) is 12.8 Å². The van der Waals surface area contributed by atoms with Gasteiger partial charge in [-0.2, -0.15) is 0 Å². The average Bonchev–Trinajstić information content (AvgIpc) is 2.68. The second kappa shape index (κ2) is 7.30. The number of likely N-dealkylation sites (tertiary alicyclic amines) is 1. The van der Waals surface area contributed by atoms with Crippen LogP contribution in [0.2, 0.25) is 0 Å². The third kappa shape index (κ3) is 5.20. The minimum absolute atomic E-state index is 0.208. The Morgan fingerprint density at radius 3 is 2.53 bits per heavy atom. The first-order valence-corrected chi connectivity index (χ1v) is 6.59. The highest BCUT2D eigenvalue weighted by Crippen LogP contribution is 2.12. The maximum absolute atomic E-state index is 11.3. The Hall–Kier alpha value is -1.06. The minimum atomic E-state index is 0.208. The fourth-order valence-electron chi connectivity index (χ4n) is 2.10. The van der Waals surface area contributed by atoms with Crippen LogP contribution in [0, 0.1) is 0 Å². The van der Waals surface area contributed by atoms with Gasteiger partial charge >= 0.3 is 0 Å². The molecular weight excluding hydrogens is 216 g/mol. The van der Waals surface area contributed by atoms with Crippen LogP contribution in [-0.2, 0) is 9.59 Å². The van der Waals surface area contributed by atoms with Crippen molar-refractivity contribution in [3.8, 4) is 0 Å². The SMILES string of the molecule is CN(C)C(=O)CCCCCCN1CCCC1=O. The highest BCUT2D eigenvalue weighted by atomic mass is 16.2. The molecule has 17 heavy (non-hydrogen) atoms. The number of hydrogen-bond donors (Lipinski definition) is 0. The summed E-state index contributed by atoms with van der Waals surface area (Å²) in [6, 6.07) is 0. The summed E-state index contributed by atoms with van der Waals surface area (Å²) in [5.74, 6) is 0.521. The molecule has 0 aromatic heterocycles. The fraction of sp³-hybridized carbons (Fsp3) is 0.846. The van der Waals surface area contributed by atoms with Crippen molar-refractivity contribution in [3.63, 3.8) is 0 Å². The maximum Gasteiger partial charge on any atom is 0.222 e. The first-order valence-electron chi connectivity index (χ1n) is 6.59. The van der Waals surface area contributed by atoms with Crippen molar-refractivity contribution in [2.45, 2.75) is 44.9 Å². The number of carbonyl (C=O) groups excluding carboxylic acids is 2. The molecule has 1 aliphatic heterocycles. The molecule has 0 N–H and O–H groups in total. The molecule has 0 spiro atoms. The molecule has 2 amide bonds. The number of unbranched alkanes of at least 4 members (excludes halogenated alkanes) is 3. The van der Waals surface area contributed by atoms with E-state index in [-0.39, 0.29) is 5.91 Å². The Kier molecular flexibility index (Phi) is 6.01. The second-order valence-electron chi connectivity index (χ2n) is 4.94. The summed E-state index contributed by atoms with van der Waals surface area (Å²) in [4.78, 5) is 26.2. The molecule has 4 nitrogen and oxygen atoms in total. The molecule has 4 heteroatoms. The number of carbonyl (C=O) groups is 2. The van der Waals surface area contributed by atoms with Crippen LogP contribution in [0.4, 0.5) is 0 Å². The lowest BCUT2D eigenvalue weighted by Gasteiger charge is -2.15. The Morgan fingerprint density at radius 1 is 1.24 bits per heavy atom. The minimum Gasteiger partial charge on any atom is -0.349 e. The third-order valence-electron chi connectivity index (χ3n) is 3.24. The highest BCUT2D eigenvalue weighted by molar-refractivity contribution is 5.78. The zero-order valence-corrected chi connectivity index (χ0v) is 11.1. The van der Waals surface area contributed by atoms with E-state index in [0.717, 1.165) is 51.6 Å². The van der Waals surface area contributed by atoms with Gasteiger partial charge in [0, 0.05) is 40.0 Å². The van der Waals surface area contributed by atoms with Gasteiger partial charge in [-0.15, -0.1) is 0 Å². The average molecular weight is 240 g/mol. The lowest BCUT2D eigenvalue weighted by Crippen LogP contribution is -2.25. The van der Waals surface area contributed by atoms with Crippen LogP contribution in [-0.4, -0.2) is 48.8 Å². The van der Waals surface area contributed by atoms with Crippen LogP contribution in [0.25, 0.3) is 0 Å². The fourth-order valence-corrected chi connectivity index (χ4v) is 2.10. The van der Waals surface area contributed by atoms with Gasteiger partial charge in [0.15, 0.2) is 0 Å². The molecule has 0 aromatic carbocycles. The van der Waals surface area contributed by atoms with Gasteiger partial charge in [-0.3, -0.25) is 9.59 Å². The maximum atomic E-state index is 11.3. The van der Waals surface area contributed by atoms with Gasteiger partial charge in [-0.05, 0) is 19.3 Å². The lowest BCUT2D eigenvalue weighted by atomic mass is 10.1. The molecule has 1 fully saturated rings. The van der Waals surface area contributed by atoms with Crippen LogP contribution < -0.4 is 0 Å². The van der Waals surface area contributed by atoms with Crippen LogP contribution in [0.15, 0.2) is 0 Å². The molecule has 0 radical (unpaired) electrons. The van der Waals surface area contributed by atoms with Crippen LogP contribution in [0.3, 0.4) is 0 Å². The van der Waals surface area contributed by atoms with E-state index in [2.05, 4.69) is 0 Å². The molecular formula is C13H24N2O2. The summed E-state index contributed by atoms with van der Waals surface area (Å²) < 4.78 is 0. The Morgan fingerprint density at radius 2 is 1.94 bits per heavy atom. The van der Waals surface area contributed by atoms with E-state index < -0.39 is 0 Å². The Balaban J connectivity index is 1.94. The Labute approximate surface area is 104 Å². The number of rotatable bonds is 7. The van der Waals surface area contributed by atoms with Crippen molar-refractivity contribution in [1.29, 1.82) is 0 Å². The molecule has 1 heterocycles. The molecule has 0 bridgehead atoms. The summed E-state index contributed by atoms with van der Waals surface area (Å²) in [5.41, 5.74) is 0. The van der Waals surface area contributed by atoms with Crippen molar-refractivity contribution in [2.75, 3.05) is 27.2 Å². The van der Waals surface area contributed by atoms with Crippen molar-refractivity contribution < 1.29 is 9.59 Å². The van der Waals surface area contributed by atoms with E-state index >= 15 is 0 Å². The highest BCUT2D eigenvalue weighted by Gasteiger charge is 2.18. The standard InChI is InChI=1S/C13H24N2O2/c1-14(2)12(16)8-5-3-4-6-10-15-11-7-9-13(15)17/h3-11H2,1-2H3.